The van der Waals surface area contributed by atoms with E-state index in [9.17, 15) is 9.59 Å². The fourth-order valence-corrected chi connectivity index (χ4v) is 0.749. The summed E-state index contributed by atoms with van der Waals surface area (Å²) in [6, 6.07) is 1.45. The van der Waals surface area contributed by atoms with Gasteiger partial charge >= 0.3 is 5.97 Å². The molecule has 13 heavy (non-hydrogen) atoms. The molecule has 0 amide bonds. The summed E-state index contributed by atoms with van der Waals surface area (Å²) in [6.07, 6.45) is 2.41. The molecule has 1 aromatic heterocycles. The third-order valence-corrected chi connectivity index (χ3v) is 1.40. The van der Waals surface area contributed by atoms with Crippen molar-refractivity contribution in [1.82, 2.24) is 9.97 Å². The molecule has 0 aromatic carbocycles. The molecule has 5 heteroatoms. The standard InChI is InChI=1S/C8H8N2O3/c1-13-8(12)4-7(11)6-2-3-9-5-10-6/h2-3,5H,4H2,1H3. The lowest BCUT2D eigenvalue weighted by molar-refractivity contribution is -0.139. The van der Waals surface area contributed by atoms with Gasteiger partial charge in [-0.05, 0) is 6.07 Å². The molecule has 0 fully saturated rings. The molecule has 0 unspecified atom stereocenters. The first-order chi connectivity index (χ1) is 6.24. The van der Waals surface area contributed by atoms with Gasteiger partial charge in [0.05, 0.1) is 7.11 Å². The van der Waals surface area contributed by atoms with E-state index in [-0.39, 0.29) is 17.9 Å². The number of hydrogen-bond acceptors (Lipinski definition) is 5. The highest BCUT2D eigenvalue weighted by atomic mass is 16.5. The molecule has 0 N–H and O–H groups in total. The molecular weight excluding hydrogens is 172 g/mol. The molecule has 1 aromatic rings. The van der Waals surface area contributed by atoms with Gasteiger partial charge in [-0.1, -0.05) is 0 Å². The smallest absolute Gasteiger partial charge is 0.313 e. The minimum absolute atomic E-state index is 0.223. The van der Waals surface area contributed by atoms with Crippen molar-refractivity contribution in [2.45, 2.75) is 6.42 Å². The number of methoxy groups -OCH3 is 1. The maximum atomic E-state index is 11.2. The lowest BCUT2D eigenvalue weighted by Gasteiger charge is -1.97. The van der Waals surface area contributed by atoms with Crippen LogP contribution in [0.3, 0.4) is 0 Å². The molecule has 0 saturated heterocycles. The number of ether oxygens (including phenoxy) is 1. The van der Waals surface area contributed by atoms with Gasteiger partial charge < -0.3 is 4.74 Å². The van der Waals surface area contributed by atoms with Gasteiger partial charge in [0.2, 0.25) is 0 Å². The van der Waals surface area contributed by atoms with Crippen LogP contribution in [0.15, 0.2) is 18.6 Å². The number of hydrogen-bond donors (Lipinski definition) is 0. The second-order valence-corrected chi connectivity index (χ2v) is 2.27. The fraction of sp³-hybridized carbons (Fsp3) is 0.250. The van der Waals surface area contributed by atoms with Crippen molar-refractivity contribution in [3.8, 4) is 0 Å². The molecule has 0 aliphatic rings. The van der Waals surface area contributed by atoms with E-state index in [1.807, 2.05) is 0 Å². The monoisotopic (exact) mass is 180 g/mol. The van der Waals surface area contributed by atoms with Crippen LogP contribution in [-0.2, 0) is 9.53 Å². The average Bonchev–Trinajstić information content (AvgIpc) is 2.19. The van der Waals surface area contributed by atoms with E-state index in [2.05, 4.69) is 14.7 Å². The van der Waals surface area contributed by atoms with E-state index in [1.165, 1.54) is 25.7 Å². The first-order valence-electron chi connectivity index (χ1n) is 3.60. The number of aromatic nitrogens is 2. The molecule has 0 aliphatic carbocycles. The first kappa shape index (κ1) is 9.31. The Kier molecular flexibility index (Phi) is 3.08. The number of ketones is 1. The number of rotatable bonds is 3. The Balaban J connectivity index is 2.65. The zero-order valence-corrected chi connectivity index (χ0v) is 7.06. The summed E-state index contributed by atoms with van der Waals surface area (Å²) in [7, 11) is 1.23. The molecule has 68 valence electrons. The number of nitrogens with zero attached hydrogens (tertiary/aromatic N) is 2. The van der Waals surface area contributed by atoms with Crippen LogP contribution < -0.4 is 0 Å². The van der Waals surface area contributed by atoms with Crippen molar-refractivity contribution < 1.29 is 14.3 Å². The summed E-state index contributed by atoms with van der Waals surface area (Å²) in [6.45, 7) is 0. The normalized spacial score (nSPS) is 9.31. The van der Waals surface area contributed by atoms with E-state index in [1.54, 1.807) is 0 Å². The number of esters is 1. The van der Waals surface area contributed by atoms with Crippen LogP contribution in [0.25, 0.3) is 0 Å². The van der Waals surface area contributed by atoms with Crippen LogP contribution in [0.1, 0.15) is 16.9 Å². The van der Waals surface area contributed by atoms with E-state index in [4.69, 9.17) is 0 Å². The lowest BCUT2D eigenvalue weighted by Crippen LogP contribution is -2.10. The van der Waals surface area contributed by atoms with Crippen molar-refractivity contribution in [3.63, 3.8) is 0 Å². The Morgan fingerprint density at radius 1 is 1.54 bits per heavy atom. The second-order valence-electron chi connectivity index (χ2n) is 2.27. The molecule has 0 spiro atoms. The van der Waals surface area contributed by atoms with Gasteiger partial charge in [0.15, 0.2) is 5.78 Å². The quantitative estimate of drug-likeness (QED) is 0.378. The second kappa shape index (κ2) is 4.30. The van der Waals surface area contributed by atoms with Crippen molar-refractivity contribution in [2.75, 3.05) is 7.11 Å². The van der Waals surface area contributed by atoms with E-state index in [0.29, 0.717) is 0 Å². The van der Waals surface area contributed by atoms with Crippen molar-refractivity contribution in [1.29, 1.82) is 0 Å². The van der Waals surface area contributed by atoms with Gasteiger partial charge in [0.1, 0.15) is 18.4 Å². The topological polar surface area (TPSA) is 69.2 Å². The van der Waals surface area contributed by atoms with Gasteiger partial charge in [-0.2, -0.15) is 0 Å². The van der Waals surface area contributed by atoms with E-state index < -0.39 is 5.97 Å². The molecule has 0 atom stereocenters. The summed E-state index contributed by atoms with van der Waals surface area (Å²) in [4.78, 5) is 29.3. The first-order valence-corrected chi connectivity index (χ1v) is 3.60. The SMILES string of the molecule is COC(=O)CC(=O)c1ccncn1. The Hall–Kier alpha value is -1.78. The van der Waals surface area contributed by atoms with Crippen molar-refractivity contribution >= 4 is 11.8 Å². The summed E-state index contributed by atoms with van der Waals surface area (Å²) < 4.78 is 4.34. The van der Waals surface area contributed by atoms with Crippen LogP contribution in [0.2, 0.25) is 0 Å². The number of carbonyl (C=O) groups excluding carboxylic acids is 2. The van der Waals surface area contributed by atoms with Gasteiger partial charge in [0, 0.05) is 6.20 Å². The fourth-order valence-electron chi connectivity index (χ4n) is 0.749. The van der Waals surface area contributed by atoms with Crippen LogP contribution in [0.5, 0.6) is 0 Å². The predicted octanol–water partition coefficient (Wildman–Crippen LogP) is 0.222. The van der Waals surface area contributed by atoms with Gasteiger partial charge in [-0.15, -0.1) is 0 Å². The third-order valence-electron chi connectivity index (χ3n) is 1.40. The Morgan fingerprint density at radius 2 is 2.31 bits per heavy atom. The summed E-state index contributed by atoms with van der Waals surface area (Å²) in [5.41, 5.74) is 0.223. The van der Waals surface area contributed by atoms with Gasteiger partial charge in [0.25, 0.3) is 0 Å². The molecule has 0 radical (unpaired) electrons. The zero-order chi connectivity index (χ0) is 9.68. The van der Waals surface area contributed by atoms with Crippen LogP contribution in [0, 0.1) is 0 Å². The molecule has 0 aliphatic heterocycles. The molecular formula is C8H8N2O3. The maximum absolute atomic E-state index is 11.2. The van der Waals surface area contributed by atoms with Crippen molar-refractivity contribution in [3.05, 3.63) is 24.3 Å². The summed E-state index contributed by atoms with van der Waals surface area (Å²) >= 11 is 0. The maximum Gasteiger partial charge on any atom is 0.313 e. The minimum Gasteiger partial charge on any atom is -0.469 e. The molecule has 1 rings (SSSR count). The third kappa shape index (κ3) is 2.62. The van der Waals surface area contributed by atoms with E-state index >= 15 is 0 Å². The zero-order valence-electron chi connectivity index (χ0n) is 7.06. The molecule has 5 nitrogen and oxygen atoms in total. The van der Waals surface area contributed by atoms with Crippen molar-refractivity contribution in [2.24, 2.45) is 0 Å². The summed E-state index contributed by atoms with van der Waals surface area (Å²) in [5, 5.41) is 0. The van der Waals surface area contributed by atoms with Crippen LogP contribution in [-0.4, -0.2) is 28.8 Å². The Morgan fingerprint density at radius 3 is 2.85 bits per heavy atom. The highest BCUT2D eigenvalue weighted by Gasteiger charge is 2.12. The van der Waals surface area contributed by atoms with E-state index in [0.717, 1.165) is 0 Å². The average molecular weight is 180 g/mol. The Bertz CT molecular complexity index is 310. The lowest BCUT2D eigenvalue weighted by atomic mass is 10.2. The van der Waals surface area contributed by atoms with Gasteiger partial charge in [-0.25, -0.2) is 9.97 Å². The highest BCUT2D eigenvalue weighted by Crippen LogP contribution is 1.98. The summed E-state index contributed by atoms with van der Waals surface area (Å²) in [5.74, 6) is -0.933. The molecule has 0 bridgehead atoms. The predicted molar refractivity (Wildman–Crippen MR) is 43.0 cm³/mol. The Labute approximate surface area is 74.8 Å². The number of Topliss-reactive ketones (excluding diaryl/α,β-unsaturated/α-hetero) is 1. The van der Waals surface area contributed by atoms with Crippen LogP contribution in [0.4, 0.5) is 0 Å². The molecule has 1 heterocycles. The largest absolute Gasteiger partial charge is 0.469 e. The highest BCUT2D eigenvalue weighted by molar-refractivity contribution is 6.04. The number of carbonyl (C=O) groups is 2. The van der Waals surface area contributed by atoms with Crippen LogP contribution >= 0.6 is 0 Å². The van der Waals surface area contributed by atoms with Gasteiger partial charge in [-0.3, -0.25) is 9.59 Å². The molecule has 0 saturated carbocycles. The minimum atomic E-state index is -0.566.